The van der Waals surface area contributed by atoms with Crippen LogP contribution in [0.1, 0.15) is 13.3 Å². The summed E-state index contributed by atoms with van der Waals surface area (Å²) in [4.78, 5) is 23.1. The molecule has 0 saturated heterocycles. The van der Waals surface area contributed by atoms with Crippen LogP contribution in [0, 0.1) is 0 Å². The highest BCUT2D eigenvalue weighted by Crippen LogP contribution is 1.94. The molecule has 0 rings (SSSR count). The number of rotatable bonds is 6. The van der Waals surface area contributed by atoms with Crippen LogP contribution in [0.5, 0.6) is 0 Å². The van der Waals surface area contributed by atoms with Crippen LogP contribution in [-0.2, 0) is 14.6 Å². The molecule has 0 spiro atoms. The second kappa shape index (κ2) is 6.43. The maximum atomic E-state index is 11.5. The Balaban J connectivity index is 4.10. The number of aliphatic carboxylic acids is 1. The molecular weight excluding hydrogens is 248 g/mol. The van der Waals surface area contributed by atoms with Gasteiger partial charge >= 0.3 is 12.0 Å². The van der Waals surface area contributed by atoms with Crippen molar-refractivity contribution in [2.45, 2.75) is 19.4 Å². The lowest BCUT2D eigenvalue weighted by Crippen LogP contribution is -2.44. The maximum absolute atomic E-state index is 11.5. The first-order chi connectivity index (χ1) is 7.61. The summed E-state index contributed by atoms with van der Waals surface area (Å²) in [6.45, 7) is 1.64. The van der Waals surface area contributed by atoms with Crippen molar-refractivity contribution >= 4 is 21.8 Å². The molecule has 0 aliphatic carbocycles. The van der Waals surface area contributed by atoms with Crippen molar-refractivity contribution in [3.8, 4) is 0 Å². The third-order valence-electron chi connectivity index (χ3n) is 1.99. The topological polar surface area (TPSA) is 104 Å². The van der Waals surface area contributed by atoms with E-state index in [1.165, 1.54) is 11.9 Å². The van der Waals surface area contributed by atoms with Crippen LogP contribution in [0.3, 0.4) is 0 Å². The normalized spacial score (nSPS) is 12.9. The Morgan fingerprint density at radius 1 is 1.41 bits per heavy atom. The quantitative estimate of drug-likeness (QED) is 0.676. The molecule has 2 amide bonds. The molecule has 1 unspecified atom stereocenters. The number of nitrogens with one attached hydrogen (secondary N) is 1. The summed E-state index contributed by atoms with van der Waals surface area (Å²) in [5.41, 5.74) is 0. The number of urea groups is 1. The zero-order chi connectivity index (χ0) is 13.6. The van der Waals surface area contributed by atoms with Crippen LogP contribution in [0.2, 0.25) is 0 Å². The van der Waals surface area contributed by atoms with Crippen molar-refractivity contribution in [1.29, 1.82) is 0 Å². The third-order valence-corrected chi connectivity index (χ3v) is 2.92. The van der Waals surface area contributed by atoms with E-state index < -0.39 is 27.9 Å². The first-order valence-corrected chi connectivity index (χ1v) is 7.09. The molecule has 0 aliphatic rings. The van der Waals surface area contributed by atoms with Crippen molar-refractivity contribution in [3.63, 3.8) is 0 Å². The molecule has 0 bridgehead atoms. The maximum Gasteiger partial charge on any atom is 0.317 e. The SMILES string of the molecule is CC(CC(=O)O)NC(=O)N(C)CCS(C)(=O)=O. The Labute approximate surface area is 101 Å². The van der Waals surface area contributed by atoms with Gasteiger partial charge in [0.1, 0.15) is 9.84 Å². The molecule has 17 heavy (non-hydrogen) atoms. The van der Waals surface area contributed by atoms with Gasteiger partial charge in [0.05, 0.1) is 12.2 Å². The number of carbonyl (C=O) groups is 2. The zero-order valence-corrected chi connectivity index (χ0v) is 11.0. The summed E-state index contributed by atoms with van der Waals surface area (Å²) in [5.74, 6) is -1.12. The van der Waals surface area contributed by atoms with E-state index in [0.29, 0.717) is 0 Å². The number of nitrogens with zero attached hydrogens (tertiary/aromatic N) is 1. The van der Waals surface area contributed by atoms with Crippen LogP contribution in [0.4, 0.5) is 4.79 Å². The molecule has 0 aromatic heterocycles. The van der Waals surface area contributed by atoms with E-state index in [2.05, 4.69) is 5.32 Å². The Morgan fingerprint density at radius 3 is 2.35 bits per heavy atom. The van der Waals surface area contributed by atoms with Gasteiger partial charge in [-0.15, -0.1) is 0 Å². The number of carboxylic acids is 1. The zero-order valence-electron chi connectivity index (χ0n) is 10.1. The molecule has 0 aromatic rings. The number of carbonyl (C=O) groups excluding carboxylic acids is 1. The summed E-state index contributed by atoms with van der Waals surface area (Å²) in [6.07, 6.45) is 0.914. The largest absolute Gasteiger partial charge is 0.481 e. The van der Waals surface area contributed by atoms with Gasteiger partial charge in [-0.05, 0) is 6.92 Å². The van der Waals surface area contributed by atoms with Crippen molar-refractivity contribution in [2.24, 2.45) is 0 Å². The van der Waals surface area contributed by atoms with E-state index in [9.17, 15) is 18.0 Å². The number of hydrogen-bond donors (Lipinski definition) is 2. The van der Waals surface area contributed by atoms with Crippen LogP contribution < -0.4 is 5.32 Å². The van der Waals surface area contributed by atoms with E-state index in [1.807, 2.05) is 0 Å². The van der Waals surface area contributed by atoms with Crippen molar-refractivity contribution in [3.05, 3.63) is 0 Å². The number of amides is 2. The second-order valence-corrected chi connectivity index (χ2v) is 6.26. The number of sulfone groups is 1. The van der Waals surface area contributed by atoms with E-state index in [1.54, 1.807) is 6.92 Å². The molecule has 0 radical (unpaired) electrons. The van der Waals surface area contributed by atoms with Crippen LogP contribution in [0.15, 0.2) is 0 Å². The molecule has 2 N–H and O–H groups in total. The molecular formula is C9H18N2O5S. The highest BCUT2D eigenvalue weighted by molar-refractivity contribution is 7.90. The van der Waals surface area contributed by atoms with E-state index in [4.69, 9.17) is 5.11 Å². The fourth-order valence-electron chi connectivity index (χ4n) is 1.04. The monoisotopic (exact) mass is 266 g/mol. The molecule has 0 fully saturated rings. The van der Waals surface area contributed by atoms with Crippen LogP contribution in [-0.4, -0.2) is 62.1 Å². The Kier molecular flexibility index (Phi) is 5.94. The molecule has 100 valence electrons. The summed E-state index contributed by atoms with van der Waals surface area (Å²) in [6, 6.07) is -0.983. The first-order valence-electron chi connectivity index (χ1n) is 5.03. The minimum atomic E-state index is -3.12. The van der Waals surface area contributed by atoms with Crippen LogP contribution >= 0.6 is 0 Å². The molecule has 0 heterocycles. The fraction of sp³-hybridized carbons (Fsp3) is 0.778. The van der Waals surface area contributed by atoms with E-state index in [0.717, 1.165) is 6.26 Å². The molecule has 8 heteroatoms. The highest BCUT2D eigenvalue weighted by Gasteiger charge is 2.15. The molecule has 7 nitrogen and oxygen atoms in total. The van der Waals surface area contributed by atoms with Gasteiger partial charge in [-0.25, -0.2) is 13.2 Å². The Hall–Kier alpha value is -1.31. The lowest BCUT2D eigenvalue weighted by molar-refractivity contribution is -0.137. The Morgan fingerprint density at radius 2 is 1.94 bits per heavy atom. The van der Waals surface area contributed by atoms with Gasteiger partial charge in [0.2, 0.25) is 0 Å². The lowest BCUT2D eigenvalue weighted by atomic mass is 10.2. The average molecular weight is 266 g/mol. The number of carboxylic acid groups (broad SMARTS) is 1. The molecule has 0 saturated carbocycles. The van der Waals surface area contributed by atoms with E-state index in [-0.39, 0.29) is 18.7 Å². The molecule has 0 aliphatic heterocycles. The highest BCUT2D eigenvalue weighted by atomic mass is 32.2. The third kappa shape index (κ3) is 8.49. The molecule has 0 aromatic carbocycles. The predicted molar refractivity (Wildman–Crippen MR) is 62.6 cm³/mol. The summed E-state index contributed by atoms with van der Waals surface area (Å²) in [5, 5.41) is 11.0. The second-order valence-electron chi connectivity index (χ2n) is 4.00. The lowest BCUT2D eigenvalue weighted by Gasteiger charge is -2.20. The van der Waals surface area contributed by atoms with E-state index >= 15 is 0 Å². The van der Waals surface area contributed by atoms with Gasteiger partial charge in [0.25, 0.3) is 0 Å². The average Bonchev–Trinajstić information content (AvgIpc) is 2.11. The van der Waals surface area contributed by atoms with Crippen molar-refractivity contribution in [1.82, 2.24) is 10.2 Å². The van der Waals surface area contributed by atoms with Gasteiger partial charge in [0, 0.05) is 25.9 Å². The van der Waals surface area contributed by atoms with Gasteiger partial charge in [-0.1, -0.05) is 0 Å². The summed E-state index contributed by atoms with van der Waals surface area (Å²) < 4.78 is 21.8. The Bertz CT molecular complexity index is 379. The van der Waals surface area contributed by atoms with Crippen LogP contribution in [0.25, 0.3) is 0 Å². The smallest absolute Gasteiger partial charge is 0.317 e. The van der Waals surface area contributed by atoms with Crippen molar-refractivity contribution in [2.75, 3.05) is 25.6 Å². The standard InChI is InChI=1S/C9H18N2O5S/c1-7(6-8(12)13)10-9(14)11(2)4-5-17(3,15)16/h7H,4-6H2,1-3H3,(H,10,14)(H,12,13). The fourth-order valence-corrected chi connectivity index (χ4v) is 1.64. The summed E-state index contributed by atoms with van der Waals surface area (Å²) >= 11 is 0. The van der Waals surface area contributed by atoms with Crippen molar-refractivity contribution < 1.29 is 23.1 Å². The first kappa shape index (κ1) is 15.7. The number of hydrogen-bond acceptors (Lipinski definition) is 4. The molecule has 1 atom stereocenters. The minimum Gasteiger partial charge on any atom is -0.481 e. The van der Waals surface area contributed by atoms with Gasteiger partial charge < -0.3 is 15.3 Å². The predicted octanol–water partition coefficient (Wildman–Crippen LogP) is -0.464. The van der Waals surface area contributed by atoms with Gasteiger partial charge in [-0.3, -0.25) is 4.79 Å². The van der Waals surface area contributed by atoms with Gasteiger partial charge in [-0.2, -0.15) is 0 Å². The summed E-state index contributed by atoms with van der Waals surface area (Å²) in [7, 11) is -1.66. The minimum absolute atomic E-state index is 0.0739. The van der Waals surface area contributed by atoms with Gasteiger partial charge in [0.15, 0.2) is 0 Å².